The average molecular weight is 609 g/mol. The number of fused-ring (bicyclic) bond motifs is 17. The van der Waals surface area contributed by atoms with Gasteiger partial charge in [-0.05, 0) is 12.0 Å². The van der Waals surface area contributed by atoms with Crippen molar-refractivity contribution in [3.05, 3.63) is 131 Å². The normalized spacial score (nSPS) is 37.2. The standard InChI is InChI=1S/C32H32N8O3S/c41-44(42,43)40-31-23-15-7-5-13-21(23)29(38-31)36-27-19-11-3-1-9-17(19)25(34-27)33-26-18-10-2-4-12-20(18)28(35-26)37-30-22-14-6-8-16-24(22)32(40)39-30/h1-13,15-16,18-19,21,23,26-27,31-35,37,39H,14H2,(H,36,38)(H,41,42,43). The Morgan fingerprint density at radius 3 is 2.34 bits per heavy atom. The number of allylic oxidation sites excluding steroid dienone is 11. The summed E-state index contributed by atoms with van der Waals surface area (Å²) in [5.41, 5.74) is 3.95. The van der Waals surface area contributed by atoms with Gasteiger partial charge in [-0.1, -0.05) is 91.1 Å². The van der Waals surface area contributed by atoms with Crippen molar-refractivity contribution in [1.29, 1.82) is 0 Å². The molecule has 12 heteroatoms. The van der Waals surface area contributed by atoms with E-state index < -0.39 is 22.6 Å². The van der Waals surface area contributed by atoms with Gasteiger partial charge < -0.3 is 31.9 Å². The molecule has 8 unspecified atom stereocenters. The molecule has 224 valence electrons. The van der Waals surface area contributed by atoms with Gasteiger partial charge in [-0.2, -0.15) is 8.42 Å². The van der Waals surface area contributed by atoms with Crippen molar-refractivity contribution < 1.29 is 13.0 Å². The Labute approximate surface area is 255 Å². The van der Waals surface area contributed by atoms with Gasteiger partial charge in [0, 0.05) is 40.4 Å². The zero-order chi connectivity index (χ0) is 29.6. The quantitative estimate of drug-likeness (QED) is 0.222. The highest BCUT2D eigenvalue weighted by atomic mass is 32.2. The summed E-state index contributed by atoms with van der Waals surface area (Å²) >= 11 is 0. The van der Waals surface area contributed by atoms with Crippen LogP contribution in [0.2, 0.25) is 0 Å². The summed E-state index contributed by atoms with van der Waals surface area (Å²) in [6.07, 6.45) is 29.1. The molecule has 7 N–H and O–H groups in total. The van der Waals surface area contributed by atoms with Gasteiger partial charge in [0.1, 0.15) is 48.0 Å². The zero-order valence-corrected chi connectivity index (χ0v) is 24.4. The Hall–Kier alpha value is -4.52. The zero-order valence-electron chi connectivity index (χ0n) is 23.6. The smallest absolute Gasteiger partial charge is 0.339 e. The summed E-state index contributed by atoms with van der Waals surface area (Å²) in [6.45, 7) is 0. The van der Waals surface area contributed by atoms with Gasteiger partial charge in [0.15, 0.2) is 0 Å². The molecular formula is C32H32N8O3S. The molecule has 0 amide bonds. The fourth-order valence-corrected chi connectivity index (χ4v) is 8.68. The Balaban J connectivity index is 1.21. The van der Waals surface area contributed by atoms with Crippen molar-refractivity contribution in [2.75, 3.05) is 0 Å². The summed E-state index contributed by atoms with van der Waals surface area (Å²) in [7, 11) is -4.70. The van der Waals surface area contributed by atoms with Gasteiger partial charge in [-0.15, -0.1) is 4.31 Å². The van der Waals surface area contributed by atoms with Gasteiger partial charge in [-0.3, -0.25) is 4.55 Å². The number of aliphatic imine (C=N–C) groups is 1. The summed E-state index contributed by atoms with van der Waals surface area (Å²) < 4.78 is 38.7. The first kappa shape index (κ1) is 25.9. The van der Waals surface area contributed by atoms with Crippen molar-refractivity contribution in [2.24, 2.45) is 28.7 Å². The summed E-state index contributed by atoms with van der Waals surface area (Å²) in [5, 5.41) is 21.5. The molecule has 8 bridgehead atoms. The number of amidine groups is 1. The van der Waals surface area contributed by atoms with Crippen LogP contribution >= 0.6 is 0 Å². The molecule has 0 aromatic rings. The lowest BCUT2D eigenvalue weighted by atomic mass is 9.88. The van der Waals surface area contributed by atoms with Crippen molar-refractivity contribution in [2.45, 2.75) is 31.1 Å². The first-order chi connectivity index (χ1) is 21.4. The van der Waals surface area contributed by atoms with E-state index in [-0.39, 0.29) is 36.0 Å². The maximum Gasteiger partial charge on any atom is 0.339 e. The third kappa shape index (κ3) is 3.87. The van der Waals surface area contributed by atoms with E-state index >= 15 is 0 Å². The molecule has 5 aliphatic heterocycles. The van der Waals surface area contributed by atoms with Gasteiger partial charge in [-0.25, -0.2) is 4.99 Å². The molecule has 4 aliphatic carbocycles. The second kappa shape index (κ2) is 9.49. The van der Waals surface area contributed by atoms with Gasteiger partial charge in [0.25, 0.3) is 0 Å². The van der Waals surface area contributed by atoms with Gasteiger partial charge in [0.05, 0.1) is 0 Å². The van der Waals surface area contributed by atoms with Crippen molar-refractivity contribution in [1.82, 2.24) is 36.2 Å². The highest BCUT2D eigenvalue weighted by molar-refractivity contribution is 7.83. The van der Waals surface area contributed by atoms with E-state index in [1.54, 1.807) is 0 Å². The fraction of sp³-hybridized carbons (Fsp3) is 0.281. The minimum Gasteiger partial charge on any atom is -0.356 e. The van der Waals surface area contributed by atoms with E-state index in [2.05, 4.69) is 62.3 Å². The van der Waals surface area contributed by atoms with Crippen LogP contribution in [0.4, 0.5) is 0 Å². The lowest BCUT2D eigenvalue weighted by Gasteiger charge is -2.35. The molecular weight excluding hydrogens is 576 g/mol. The molecule has 1 fully saturated rings. The van der Waals surface area contributed by atoms with Crippen LogP contribution in [0.15, 0.2) is 136 Å². The Kier molecular flexibility index (Phi) is 5.59. The average Bonchev–Trinajstić information content (AvgIpc) is 3.76. The first-order valence-corrected chi connectivity index (χ1v) is 16.4. The molecule has 0 saturated carbocycles. The third-order valence-corrected chi connectivity index (χ3v) is 10.7. The number of nitrogens with one attached hydrogen (secondary N) is 6. The SMILES string of the molecule is O=S(=O)(O)N1C2NC(=C3CC=CC=C32)NC2=C3C=CC=CC3C(NC3=C4C=CC=CC4C(N=C4NC1C1C=CC=CC41)N3)N2. The van der Waals surface area contributed by atoms with Crippen LogP contribution in [-0.4, -0.2) is 47.8 Å². The van der Waals surface area contributed by atoms with E-state index in [0.29, 0.717) is 18.1 Å². The highest BCUT2D eigenvalue weighted by Gasteiger charge is 2.51. The lowest BCUT2D eigenvalue weighted by molar-refractivity contribution is 0.194. The molecule has 5 heterocycles. The number of rotatable bonds is 1. The Morgan fingerprint density at radius 2 is 1.50 bits per heavy atom. The Bertz CT molecular complexity index is 1840. The van der Waals surface area contributed by atoms with E-state index in [0.717, 1.165) is 33.9 Å². The first-order valence-electron chi connectivity index (χ1n) is 15.0. The fourth-order valence-electron chi connectivity index (χ4n) is 7.76. The van der Waals surface area contributed by atoms with Crippen molar-refractivity contribution >= 4 is 16.1 Å². The molecule has 0 spiro atoms. The summed E-state index contributed by atoms with van der Waals surface area (Å²) in [4.78, 5) is 5.21. The molecule has 8 atom stereocenters. The molecule has 0 aromatic heterocycles. The van der Waals surface area contributed by atoms with Crippen molar-refractivity contribution in [3.8, 4) is 0 Å². The van der Waals surface area contributed by atoms with Gasteiger partial charge in [0.2, 0.25) is 0 Å². The Morgan fingerprint density at radius 1 is 0.773 bits per heavy atom. The maximum absolute atomic E-state index is 13.3. The van der Waals surface area contributed by atoms with Crippen LogP contribution < -0.4 is 31.9 Å². The van der Waals surface area contributed by atoms with Crippen LogP contribution in [0.1, 0.15) is 6.42 Å². The van der Waals surface area contributed by atoms with Gasteiger partial charge >= 0.3 is 10.3 Å². The van der Waals surface area contributed by atoms with Crippen LogP contribution in [0.5, 0.6) is 0 Å². The van der Waals surface area contributed by atoms with Crippen LogP contribution in [-0.2, 0) is 10.3 Å². The third-order valence-electron chi connectivity index (χ3n) is 9.73. The van der Waals surface area contributed by atoms with Crippen LogP contribution in [0.25, 0.3) is 0 Å². The van der Waals surface area contributed by atoms with E-state index in [1.165, 1.54) is 4.31 Å². The topological polar surface area (TPSA) is 142 Å². The number of hydrogen-bond acceptors (Lipinski definition) is 9. The predicted octanol–water partition coefficient (Wildman–Crippen LogP) is 1.76. The summed E-state index contributed by atoms with van der Waals surface area (Å²) in [6, 6.07) is 0. The molecule has 1 saturated heterocycles. The second-order valence-corrected chi connectivity index (χ2v) is 13.4. The monoisotopic (exact) mass is 608 g/mol. The van der Waals surface area contributed by atoms with E-state index in [4.69, 9.17) is 4.99 Å². The number of hydrogen-bond donors (Lipinski definition) is 7. The highest BCUT2D eigenvalue weighted by Crippen LogP contribution is 2.41. The molecule has 0 aromatic carbocycles. The number of nitrogens with zero attached hydrogens (tertiary/aromatic N) is 2. The molecule has 9 aliphatic rings. The lowest BCUT2D eigenvalue weighted by Crippen LogP contribution is -2.58. The van der Waals surface area contributed by atoms with Crippen LogP contribution in [0.3, 0.4) is 0 Å². The minimum atomic E-state index is -4.70. The van der Waals surface area contributed by atoms with E-state index in [9.17, 15) is 13.0 Å². The largest absolute Gasteiger partial charge is 0.356 e. The molecule has 11 nitrogen and oxygen atoms in total. The van der Waals surface area contributed by atoms with Crippen molar-refractivity contribution in [3.63, 3.8) is 0 Å². The maximum atomic E-state index is 13.3. The molecule has 9 rings (SSSR count). The summed E-state index contributed by atoms with van der Waals surface area (Å²) in [5.74, 6) is 2.69. The molecule has 0 radical (unpaired) electrons. The predicted molar refractivity (Wildman–Crippen MR) is 167 cm³/mol. The van der Waals surface area contributed by atoms with E-state index in [1.807, 2.05) is 60.8 Å². The second-order valence-electron chi connectivity index (χ2n) is 12.1. The van der Waals surface area contributed by atoms with Crippen LogP contribution in [0, 0.1) is 23.7 Å². The minimum absolute atomic E-state index is 0.0106. The molecule has 44 heavy (non-hydrogen) atoms.